The van der Waals surface area contributed by atoms with Gasteiger partial charge in [0.05, 0.1) is 34.1 Å². The molecule has 116 valence electrons. The van der Waals surface area contributed by atoms with Crippen molar-refractivity contribution in [2.45, 2.75) is 19.9 Å². The van der Waals surface area contributed by atoms with Crippen LogP contribution in [0, 0.1) is 6.92 Å². The van der Waals surface area contributed by atoms with Crippen LogP contribution in [-0.4, -0.2) is 32.3 Å². The Morgan fingerprint density at radius 2 is 2.13 bits per heavy atom. The van der Waals surface area contributed by atoms with Crippen LogP contribution >= 0.6 is 11.3 Å². The van der Waals surface area contributed by atoms with Crippen molar-refractivity contribution in [3.05, 3.63) is 58.7 Å². The van der Waals surface area contributed by atoms with Crippen LogP contribution in [0.5, 0.6) is 0 Å². The van der Waals surface area contributed by atoms with E-state index >= 15 is 0 Å². The molecule has 1 aromatic carbocycles. The number of carbonyl (C=O) groups excluding carboxylic acids is 1. The maximum atomic E-state index is 13.0. The third-order valence-corrected chi connectivity index (χ3v) is 5.05. The van der Waals surface area contributed by atoms with E-state index in [1.54, 1.807) is 17.7 Å². The topological polar surface area (TPSA) is 61.9 Å². The SMILES string of the molecule is Cc1nc(C(=O)N2CCc3nc[nH]c3C2)c(-c2ccccc2)s1. The van der Waals surface area contributed by atoms with Gasteiger partial charge in [-0.25, -0.2) is 9.97 Å². The predicted octanol–water partition coefficient (Wildman–Crippen LogP) is 3.04. The lowest BCUT2D eigenvalue weighted by Gasteiger charge is -2.25. The van der Waals surface area contributed by atoms with E-state index in [1.165, 1.54) is 0 Å². The monoisotopic (exact) mass is 324 g/mol. The molecule has 1 N–H and O–H groups in total. The van der Waals surface area contributed by atoms with E-state index in [-0.39, 0.29) is 5.91 Å². The molecule has 0 radical (unpaired) electrons. The lowest BCUT2D eigenvalue weighted by molar-refractivity contribution is 0.0727. The number of aromatic nitrogens is 3. The number of carbonyl (C=O) groups is 1. The van der Waals surface area contributed by atoms with Crippen LogP contribution in [0.15, 0.2) is 36.7 Å². The molecule has 3 aromatic rings. The maximum absolute atomic E-state index is 13.0. The number of H-pyrrole nitrogens is 1. The largest absolute Gasteiger partial charge is 0.347 e. The summed E-state index contributed by atoms with van der Waals surface area (Å²) in [5.41, 5.74) is 3.69. The molecule has 3 heterocycles. The molecule has 0 saturated heterocycles. The third kappa shape index (κ3) is 2.55. The fourth-order valence-corrected chi connectivity index (χ4v) is 3.81. The van der Waals surface area contributed by atoms with Crippen molar-refractivity contribution in [1.82, 2.24) is 19.9 Å². The van der Waals surface area contributed by atoms with Crippen LogP contribution in [0.2, 0.25) is 0 Å². The van der Waals surface area contributed by atoms with Gasteiger partial charge in [-0.15, -0.1) is 11.3 Å². The number of aromatic amines is 1. The zero-order valence-corrected chi connectivity index (χ0v) is 13.6. The highest BCUT2D eigenvalue weighted by Gasteiger charge is 2.27. The molecule has 1 amide bonds. The number of rotatable bonds is 2. The van der Waals surface area contributed by atoms with Crippen molar-refractivity contribution in [2.75, 3.05) is 6.54 Å². The Morgan fingerprint density at radius 3 is 2.96 bits per heavy atom. The van der Waals surface area contributed by atoms with Crippen molar-refractivity contribution >= 4 is 17.2 Å². The third-order valence-electron chi connectivity index (χ3n) is 4.03. The van der Waals surface area contributed by atoms with Gasteiger partial charge in [-0.1, -0.05) is 30.3 Å². The minimum Gasteiger partial charge on any atom is -0.347 e. The summed E-state index contributed by atoms with van der Waals surface area (Å²) < 4.78 is 0. The molecule has 1 aliphatic rings. The highest BCUT2D eigenvalue weighted by Crippen LogP contribution is 2.31. The highest BCUT2D eigenvalue weighted by atomic mass is 32.1. The Kier molecular flexibility index (Phi) is 3.46. The van der Waals surface area contributed by atoms with E-state index < -0.39 is 0 Å². The zero-order valence-electron chi connectivity index (χ0n) is 12.7. The Morgan fingerprint density at radius 1 is 1.30 bits per heavy atom. The summed E-state index contributed by atoms with van der Waals surface area (Å²) in [5.74, 6) is -0.00606. The first kappa shape index (κ1) is 14.1. The average Bonchev–Trinajstić information content (AvgIpc) is 3.20. The molecular formula is C17H16N4OS. The standard InChI is InChI=1S/C17H16N4OS/c1-11-20-15(16(23-11)12-5-3-2-4-6-12)17(22)21-8-7-13-14(9-21)19-10-18-13/h2-6,10H,7-9H2,1H3,(H,18,19). The highest BCUT2D eigenvalue weighted by molar-refractivity contribution is 7.15. The molecule has 0 saturated carbocycles. The van der Waals surface area contributed by atoms with Gasteiger partial charge >= 0.3 is 0 Å². The summed E-state index contributed by atoms with van der Waals surface area (Å²) in [6.45, 7) is 3.19. The van der Waals surface area contributed by atoms with Crippen molar-refractivity contribution in [3.63, 3.8) is 0 Å². The van der Waals surface area contributed by atoms with Crippen LogP contribution in [0.1, 0.15) is 26.9 Å². The molecule has 0 bridgehead atoms. The molecule has 0 fully saturated rings. The van der Waals surface area contributed by atoms with Crippen molar-refractivity contribution in [3.8, 4) is 10.4 Å². The number of hydrogen-bond donors (Lipinski definition) is 1. The fourth-order valence-electron chi connectivity index (χ4n) is 2.89. The van der Waals surface area contributed by atoms with E-state index in [9.17, 15) is 4.79 Å². The first-order valence-electron chi connectivity index (χ1n) is 7.55. The van der Waals surface area contributed by atoms with Gasteiger partial charge in [0.2, 0.25) is 0 Å². The van der Waals surface area contributed by atoms with Crippen LogP contribution in [0.3, 0.4) is 0 Å². The summed E-state index contributed by atoms with van der Waals surface area (Å²) in [5, 5.41) is 0.909. The number of amides is 1. The lowest BCUT2D eigenvalue weighted by atomic mass is 10.1. The molecule has 0 atom stereocenters. The Bertz CT molecular complexity index is 853. The molecule has 6 heteroatoms. The Hall–Kier alpha value is -2.47. The quantitative estimate of drug-likeness (QED) is 0.788. The van der Waals surface area contributed by atoms with Gasteiger partial charge < -0.3 is 9.88 Å². The number of nitrogens with one attached hydrogen (secondary N) is 1. The van der Waals surface area contributed by atoms with Gasteiger partial charge in [-0.2, -0.15) is 0 Å². The molecule has 5 nitrogen and oxygen atoms in total. The van der Waals surface area contributed by atoms with E-state index in [4.69, 9.17) is 0 Å². The molecule has 4 rings (SSSR count). The van der Waals surface area contributed by atoms with Crippen molar-refractivity contribution < 1.29 is 4.79 Å². The smallest absolute Gasteiger partial charge is 0.274 e. The molecule has 0 unspecified atom stereocenters. The van der Waals surface area contributed by atoms with Gasteiger partial charge in [-0.3, -0.25) is 4.79 Å². The number of hydrogen-bond acceptors (Lipinski definition) is 4. The number of nitrogens with zero attached hydrogens (tertiary/aromatic N) is 3. The van der Waals surface area contributed by atoms with Crippen molar-refractivity contribution in [1.29, 1.82) is 0 Å². The summed E-state index contributed by atoms with van der Waals surface area (Å²) in [4.78, 5) is 27.7. The number of thiazole rings is 1. The van der Waals surface area contributed by atoms with Gasteiger partial charge in [0.1, 0.15) is 5.69 Å². The normalized spacial score (nSPS) is 13.9. The van der Waals surface area contributed by atoms with Crippen molar-refractivity contribution in [2.24, 2.45) is 0 Å². The average molecular weight is 324 g/mol. The van der Waals surface area contributed by atoms with E-state index in [0.29, 0.717) is 18.8 Å². The summed E-state index contributed by atoms with van der Waals surface area (Å²) in [6, 6.07) is 9.98. The second-order valence-corrected chi connectivity index (χ2v) is 6.78. The maximum Gasteiger partial charge on any atom is 0.274 e. The summed E-state index contributed by atoms with van der Waals surface area (Å²) in [6.07, 6.45) is 2.48. The number of imidazole rings is 1. The van der Waals surface area contributed by atoms with Crippen LogP contribution < -0.4 is 0 Å². The lowest BCUT2D eigenvalue weighted by Crippen LogP contribution is -2.36. The predicted molar refractivity (Wildman–Crippen MR) is 89.3 cm³/mol. The second-order valence-electron chi connectivity index (χ2n) is 5.58. The van der Waals surface area contributed by atoms with E-state index in [1.807, 2.05) is 42.2 Å². The van der Waals surface area contributed by atoms with Gasteiger partial charge in [0.15, 0.2) is 0 Å². The van der Waals surface area contributed by atoms with E-state index in [0.717, 1.165) is 33.3 Å². The number of fused-ring (bicyclic) bond motifs is 1. The molecule has 1 aliphatic heterocycles. The molecular weight excluding hydrogens is 308 g/mol. The van der Waals surface area contributed by atoms with Crippen LogP contribution in [-0.2, 0) is 13.0 Å². The van der Waals surface area contributed by atoms with Gasteiger partial charge in [0.25, 0.3) is 5.91 Å². The van der Waals surface area contributed by atoms with Gasteiger partial charge in [0, 0.05) is 13.0 Å². The minimum atomic E-state index is -0.00606. The number of aryl methyl sites for hydroxylation is 1. The Labute approximate surface area is 138 Å². The van der Waals surface area contributed by atoms with Gasteiger partial charge in [-0.05, 0) is 12.5 Å². The molecule has 0 aliphatic carbocycles. The first-order valence-corrected chi connectivity index (χ1v) is 8.37. The summed E-state index contributed by atoms with van der Waals surface area (Å²) in [7, 11) is 0. The minimum absolute atomic E-state index is 0.00606. The fraction of sp³-hybridized carbons (Fsp3) is 0.235. The first-order chi connectivity index (χ1) is 11.2. The van der Waals surface area contributed by atoms with Crippen LogP contribution in [0.4, 0.5) is 0 Å². The summed E-state index contributed by atoms with van der Waals surface area (Å²) >= 11 is 1.57. The van der Waals surface area contributed by atoms with Crippen LogP contribution in [0.25, 0.3) is 10.4 Å². The number of benzene rings is 1. The molecule has 0 spiro atoms. The second kappa shape index (κ2) is 5.62. The Balaban J connectivity index is 1.67. The zero-order chi connectivity index (χ0) is 15.8. The van der Waals surface area contributed by atoms with E-state index in [2.05, 4.69) is 15.0 Å². The molecule has 2 aromatic heterocycles. The molecule has 23 heavy (non-hydrogen) atoms.